The molecule has 0 bridgehead atoms. The molecule has 6 aromatic rings. The summed E-state index contributed by atoms with van der Waals surface area (Å²) < 4.78 is 0. The maximum atomic E-state index is 4.97. The van der Waals surface area contributed by atoms with Crippen LogP contribution in [0.1, 0.15) is 11.4 Å². The van der Waals surface area contributed by atoms with Crippen molar-refractivity contribution in [1.29, 1.82) is 0 Å². The number of para-hydroxylation sites is 2. The monoisotopic (exact) mass is 504 g/mol. The molecule has 0 amide bonds. The van der Waals surface area contributed by atoms with Crippen LogP contribution in [0.5, 0.6) is 0 Å². The standard InChI is InChI=1S/C35H28N4/c1-25-11-9-17-32(36-25)34-23-28(24-35(38-34)33-18-10-12-26(2)37-33)27-19-21-31(22-20-27)39(29-13-5-3-6-14-29)30-15-7-4-8-16-30/h3-24H,1-2H3. The zero-order chi connectivity index (χ0) is 26.6. The fourth-order valence-electron chi connectivity index (χ4n) is 4.74. The van der Waals surface area contributed by atoms with E-state index in [0.717, 1.165) is 62.4 Å². The summed E-state index contributed by atoms with van der Waals surface area (Å²) in [4.78, 5) is 16.7. The van der Waals surface area contributed by atoms with E-state index in [1.807, 2.05) is 62.4 Å². The van der Waals surface area contributed by atoms with Gasteiger partial charge < -0.3 is 4.90 Å². The Morgan fingerprint density at radius 1 is 0.385 bits per heavy atom. The Balaban J connectivity index is 1.44. The van der Waals surface area contributed by atoms with Crippen LogP contribution in [0.2, 0.25) is 0 Å². The number of aromatic nitrogens is 3. The normalized spacial score (nSPS) is 10.8. The molecule has 3 aromatic carbocycles. The number of hydrogen-bond acceptors (Lipinski definition) is 4. The zero-order valence-electron chi connectivity index (χ0n) is 22.0. The van der Waals surface area contributed by atoms with Crippen molar-refractivity contribution in [3.63, 3.8) is 0 Å². The van der Waals surface area contributed by atoms with Crippen LogP contribution < -0.4 is 4.90 Å². The molecular formula is C35H28N4. The number of pyridine rings is 3. The molecule has 0 N–H and O–H groups in total. The summed E-state index contributed by atoms with van der Waals surface area (Å²) in [6, 6.07) is 45.8. The third-order valence-corrected chi connectivity index (χ3v) is 6.61. The molecule has 6 rings (SSSR count). The molecule has 0 aliphatic heterocycles. The van der Waals surface area contributed by atoms with E-state index in [4.69, 9.17) is 15.0 Å². The smallest absolute Gasteiger partial charge is 0.0900 e. The lowest BCUT2D eigenvalue weighted by Crippen LogP contribution is -2.09. The summed E-state index contributed by atoms with van der Waals surface area (Å²) in [5.74, 6) is 0. The molecule has 188 valence electrons. The van der Waals surface area contributed by atoms with Crippen molar-refractivity contribution >= 4 is 17.1 Å². The molecule has 39 heavy (non-hydrogen) atoms. The Morgan fingerprint density at radius 2 is 0.846 bits per heavy atom. The molecule has 3 heterocycles. The van der Waals surface area contributed by atoms with Gasteiger partial charge in [0.25, 0.3) is 0 Å². The summed E-state index contributed by atoms with van der Waals surface area (Å²) >= 11 is 0. The fraction of sp³-hybridized carbons (Fsp3) is 0.0571. The van der Waals surface area contributed by atoms with Crippen LogP contribution >= 0.6 is 0 Å². The lowest BCUT2D eigenvalue weighted by Gasteiger charge is -2.25. The van der Waals surface area contributed by atoms with Gasteiger partial charge in [-0.25, -0.2) is 4.98 Å². The van der Waals surface area contributed by atoms with Crippen LogP contribution in [-0.2, 0) is 0 Å². The van der Waals surface area contributed by atoms with Gasteiger partial charge in [0.2, 0.25) is 0 Å². The molecular weight excluding hydrogens is 476 g/mol. The highest BCUT2D eigenvalue weighted by atomic mass is 15.1. The third kappa shape index (κ3) is 5.32. The number of hydrogen-bond donors (Lipinski definition) is 0. The highest BCUT2D eigenvalue weighted by Gasteiger charge is 2.14. The van der Waals surface area contributed by atoms with Crippen LogP contribution in [0.4, 0.5) is 17.1 Å². The largest absolute Gasteiger partial charge is 0.311 e. The number of anilines is 3. The van der Waals surface area contributed by atoms with E-state index in [1.165, 1.54) is 0 Å². The minimum Gasteiger partial charge on any atom is -0.311 e. The van der Waals surface area contributed by atoms with E-state index in [2.05, 4.69) is 89.8 Å². The van der Waals surface area contributed by atoms with E-state index < -0.39 is 0 Å². The van der Waals surface area contributed by atoms with Gasteiger partial charge in [-0.3, -0.25) is 9.97 Å². The van der Waals surface area contributed by atoms with Crippen molar-refractivity contribution in [2.45, 2.75) is 13.8 Å². The van der Waals surface area contributed by atoms with Gasteiger partial charge in [-0.1, -0.05) is 60.7 Å². The topological polar surface area (TPSA) is 41.9 Å². The number of aryl methyl sites for hydroxylation is 2. The first kappa shape index (κ1) is 24.3. The summed E-state index contributed by atoms with van der Waals surface area (Å²) in [6.07, 6.45) is 0. The number of rotatable bonds is 6. The van der Waals surface area contributed by atoms with Crippen LogP contribution in [0.25, 0.3) is 33.9 Å². The van der Waals surface area contributed by atoms with Crippen molar-refractivity contribution in [1.82, 2.24) is 15.0 Å². The van der Waals surface area contributed by atoms with E-state index in [0.29, 0.717) is 0 Å². The van der Waals surface area contributed by atoms with Crippen molar-refractivity contribution in [3.05, 3.63) is 145 Å². The number of benzene rings is 3. The Labute approximate surface area is 229 Å². The maximum absolute atomic E-state index is 4.97. The Hall–Kier alpha value is -5.09. The molecule has 4 heteroatoms. The Kier molecular flexibility index (Phi) is 6.67. The van der Waals surface area contributed by atoms with E-state index in [1.54, 1.807) is 0 Å². The summed E-state index contributed by atoms with van der Waals surface area (Å²) in [5.41, 5.74) is 10.8. The van der Waals surface area contributed by atoms with E-state index in [-0.39, 0.29) is 0 Å². The fourth-order valence-corrected chi connectivity index (χ4v) is 4.74. The SMILES string of the molecule is Cc1cccc(-c2cc(-c3ccc(N(c4ccccc4)c4ccccc4)cc3)cc(-c3cccc(C)n3)n2)n1. The van der Waals surface area contributed by atoms with Crippen molar-refractivity contribution in [2.24, 2.45) is 0 Å². The lowest BCUT2D eigenvalue weighted by atomic mass is 10.0. The first-order valence-corrected chi connectivity index (χ1v) is 13.0. The zero-order valence-corrected chi connectivity index (χ0v) is 22.0. The van der Waals surface area contributed by atoms with E-state index in [9.17, 15) is 0 Å². The lowest BCUT2D eigenvalue weighted by molar-refractivity contribution is 1.16. The van der Waals surface area contributed by atoms with Crippen LogP contribution in [0.15, 0.2) is 133 Å². The minimum absolute atomic E-state index is 0.828. The van der Waals surface area contributed by atoms with Gasteiger partial charge in [-0.2, -0.15) is 0 Å². The summed E-state index contributed by atoms with van der Waals surface area (Å²) in [7, 11) is 0. The second-order valence-corrected chi connectivity index (χ2v) is 9.51. The average molecular weight is 505 g/mol. The molecule has 0 spiro atoms. The first-order valence-electron chi connectivity index (χ1n) is 13.0. The molecule has 4 nitrogen and oxygen atoms in total. The minimum atomic E-state index is 0.828. The first-order chi connectivity index (χ1) is 19.1. The van der Waals surface area contributed by atoms with Gasteiger partial charge >= 0.3 is 0 Å². The molecule has 0 aliphatic carbocycles. The van der Waals surface area contributed by atoms with Gasteiger partial charge in [-0.05, 0) is 97.8 Å². The van der Waals surface area contributed by atoms with Crippen LogP contribution in [0, 0.1) is 13.8 Å². The van der Waals surface area contributed by atoms with Gasteiger partial charge in [0.1, 0.15) is 0 Å². The second kappa shape index (κ2) is 10.7. The summed E-state index contributed by atoms with van der Waals surface area (Å²) in [6.45, 7) is 4.00. The van der Waals surface area contributed by atoms with Gasteiger partial charge in [0.05, 0.1) is 22.8 Å². The molecule has 0 aliphatic rings. The van der Waals surface area contributed by atoms with Gasteiger partial charge in [-0.15, -0.1) is 0 Å². The maximum Gasteiger partial charge on any atom is 0.0900 e. The van der Waals surface area contributed by atoms with Crippen LogP contribution in [-0.4, -0.2) is 15.0 Å². The molecule has 0 radical (unpaired) electrons. The second-order valence-electron chi connectivity index (χ2n) is 9.51. The molecule has 0 saturated carbocycles. The Morgan fingerprint density at radius 3 is 1.31 bits per heavy atom. The van der Waals surface area contributed by atoms with Crippen molar-refractivity contribution < 1.29 is 0 Å². The quantitative estimate of drug-likeness (QED) is 0.227. The molecule has 0 fully saturated rings. The van der Waals surface area contributed by atoms with Crippen molar-refractivity contribution in [2.75, 3.05) is 4.90 Å². The molecule has 0 saturated heterocycles. The Bertz CT molecular complexity index is 1610. The van der Waals surface area contributed by atoms with Gasteiger partial charge in [0.15, 0.2) is 0 Å². The molecule has 0 unspecified atom stereocenters. The van der Waals surface area contributed by atoms with E-state index >= 15 is 0 Å². The third-order valence-electron chi connectivity index (χ3n) is 6.61. The highest BCUT2D eigenvalue weighted by molar-refractivity contribution is 5.80. The van der Waals surface area contributed by atoms with Gasteiger partial charge in [0, 0.05) is 28.5 Å². The predicted molar refractivity (Wildman–Crippen MR) is 160 cm³/mol. The predicted octanol–water partition coefficient (Wildman–Crippen LogP) is 8.96. The van der Waals surface area contributed by atoms with Crippen LogP contribution in [0.3, 0.4) is 0 Å². The molecule has 3 aromatic heterocycles. The molecule has 0 atom stereocenters. The summed E-state index contributed by atoms with van der Waals surface area (Å²) in [5, 5.41) is 0. The van der Waals surface area contributed by atoms with Crippen molar-refractivity contribution in [3.8, 4) is 33.9 Å². The number of nitrogens with zero attached hydrogens (tertiary/aromatic N) is 4. The highest BCUT2D eigenvalue weighted by Crippen LogP contribution is 2.36. The average Bonchev–Trinajstić information content (AvgIpc) is 2.99.